The van der Waals surface area contributed by atoms with Gasteiger partial charge in [-0.3, -0.25) is 0 Å². The summed E-state index contributed by atoms with van der Waals surface area (Å²) in [6, 6.07) is 2.20. The van der Waals surface area contributed by atoms with E-state index in [0.717, 1.165) is 17.7 Å². The zero-order valence-corrected chi connectivity index (χ0v) is 10.4. The maximum absolute atomic E-state index is 5.64. The highest BCUT2D eigenvalue weighted by Gasteiger charge is 2.18. The van der Waals surface area contributed by atoms with Crippen molar-refractivity contribution in [1.29, 1.82) is 0 Å². The summed E-state index contributed by atoms with van der Waals surface area (Å²) in [6.07, 6.45) is 5.35. The summed E-state index contributed by atoms with van der Waals surface area (Å²) in [5.41, 5.74) is 6.92. The normalized spacial score (nSPS) is 14.2. The molecule has 0 aliphatic heterocycles. The Bertz CT molecular complexity index is 496. The number of hydrogen-bond donors (Lipinski definition) is 1. The van der Waals surface area contributed by atoms with E-state index in [4.69, 9.17) is 10.2 Å². The number of nitrogens with zero attached hydrogens (tertiary/aromatic N) is 2. The van der Waals surface area contributed by atoms with Crippen molar-refractivity contribution in [1.82, 2.24) is 10.2 Å². The van der Waals surface area contributed by atoms with Crippen LogP contribution < -0.4 is 5.73 Å². The van der Waals surface area contributed by atoms with Gasteiger partial charge in [0.05, 0.1) is 4.88 Å². The van der Waals surface area contributed by atoms with E-state index in [0.29, 0.717) is 18.3 Å². The number of thiophene rings is 1. The molecule has 0 radical (unpaired) electrons. The summed E-state index contributed by atoms with van der Waals surface area (Å²) in [6.45, 7) is 0.658. The molecule has 0 amide bonds. The van der Waals surface area contributed by atoms with Gasteiger partial charge < -0.3 is 10.2 Å². The monoisotopic (exact) mass is 249 g/mol. The first kappa shape index (κ1) is 10.9. The Balaban J connectivity index is 1.80. The van der Waals surface area contributed by atoms with Gasteiger partial charge in [-0.05, 0) is 43.9 Å². The lowest BCUT2D eigenvalue weighted by atomic mass is 10.2. The van der Waals surface area contributed by atoms with E-state index in [1.807, 2.05) is 0 Å². The molecule has 0 spiro atoms. The molecule has 0 fully saturated rings. The first-order valence-corrected chi connectivity index (χ1v) is 6.83. The predicted molar refractivity (Wildman–Crippen MR) is 67.0 cm³/mol. The van der Waals surface area contributed by atoms with Crippen molar-refractivity contribution >= 4 is 11.3 Å². The molecular formula is C12H15N3OS. The lowest BCUT2D eigenvalue weighted by Crippen LogP contribution is -2.00. The second-order valence-corrected chi connectivity index (χ2v) is 5.44. The molecule has 2 N–H and O–H groups in total. The van der Waals surface area contributed by atoms with Crippen LogP contribution in [0.2, 0.25) is 0 Å². The Labute approximate surface area is 104 Å². The van der Waals surface area contributed by atoms with Gasteiger partial charge in [-0.2, -0.15) is 0 Å². The summed E-state index contributed by atoms with van der Waals surface area (Å²) in [4.78, 5) is 2.60. The van der Waals surface area contributed by atoms with Crippen LogP contribution in [0.25, 0.3) is 10.8 Å². The highest BCUT2D eigenvalue weighted by atomic mass is 32.1. The molecule has 0 saturated carbocycles. The van der Waals surface area contributed by atoms with E-state index < -0.39 is 0 Å². The van der Waals surface area contributed by atoms with Crippen LogP contribution in [0.1, 0.15) is 29.2 Å². The fraction of sp³-hybridized carbons (Fsp3) is 0.500. The Hall–Kier alpha value is -1.20. The molecule has 90 valence electrons. The highest BCUT2D eigenvalue weighted by Crippen LogP contribution is 2.35. The molecule has 3 rings (SSSR count). The quantitative estimate of drug-likeness (QED) is 0.902. The number of rotatable bonds is 4. The fourth-order valence-corrected chi connectivity index (χ4v) is 3.32. The molecule has 0 aromatic carbocycles. The van der Waals surface area contributed by atoms with E-state index in [9.17, 15) is 0 Å². The molecule has 5 heteroatoms. The van der Waals surface area contributed by atoms with E-state index >= 15 is 0 Å². The van der Waals surface area contributed by atoms with Crippen LogP contribution in [0.3, 0.4) is 0 Å². The van der Waals surface area contributed by atoms with E-state index in [1.54, 1.807) is 11.3 Å². The van der Waals surface area contributed by atoms with Crippen LogP contribution in [0.4, 0.5) is 0 Å². The number of fused-ring (bicyclic) bond motifs is 1. The first-order valence-electron chi connectivity index (χ1n) is 6.01. The lowest BCUT2D eigenvalue weighted by molar-refractivity contribution is 0.500. The third-order valence-corrected chi connectivity index (χ3v) is 4.24. The lowest BCUT2D eigenvalue weighted by Gasteiger charge is -1.90. The highest BCUT2D eigenvalue weighted by molar-refractivity contribution is 7.15. The number of aromatic nitrogens is 2. The summed E-state index contributed by atoms with van der Waals surface area (Å²) in [5, 5.41) is 8.15. The van der Waals surface area contributed by atoms with Gasteiger partial charge in [0.25, 0.3) is 5.89 Å². The summed E-state index contributed by atoms with van der Waals surface area (Å²) < 4.78 is 5.64. The number of nitrogens with two attached hydrogens (primary N) is 1. The average Bonchev–Trinajstić information content (AvgIpc) is 3.00. The molecule has 2 heterocycles. The van der Waals surface area contributed by atoms with Crippen LogP contribution in [0.5, 0.6) is 0 Å². The second-order valence-electron chi connectivity index (χ2n) is 4.31. The van der Waals surface area contributed by atoms with Crippen molar-refractivity contribution in [2.45, 2.75) is 32.1 Å². The smallest absolute Gasteiger partial charge is 0.257 e. The van der Waals surface area contributed by atoms with Crippen molar-refractivity contribution in [3.8, 4) is 10.8 Å². The maximum atomic E-state index is 5.64. The van der Waals surface area contributed by atoms with Crippen molar-refractivity contribution in [2.24, 2.45) is 5.73 Å². The van der Waals surface area contributed by atoms with Crippen molar-refractivity contribution in [3.63, 3.8) is 0 Å². The topological polar surface area (TPSA) is 64.9 Å². The van der Waals surface area contributed by atoms with Crippen LogP contribution in [0, 0.1) is 0 Å². The van der Waals surface area contributed by atoms with Gasteiger partial charge in [0, 0.05) is 11.3 Å². The maximum Gasteiger partial charge on any atom is 0.257 e. The molecular weight excluding hydrogens is 234 g/mol. The van der Waals surface area contributed by atoms with Gasteiger partial charge in [-0.15, -0.1) is 21.5 Å². The van der Waals surface area contributed by atoms with Crippen LogP contribution in [-0.2, 0) is 19.3 Å². The van der Waals surface area contributed by atoms with Crippen molar-refractivity contribution < 1.29 is 4.42 Å². The minimum absolute atomic E-state index is 0.658. The second kappa shape index (κ2) is 4.58. The molecule has 0 saturated heterocycles. The van der Waals surface area contributed by atoms with Crippen molar-refractivity contribution in [3.05, 3.63) is 22.4 Å². The van der Waals surface area contributed by atoms with Crippen molar-refractivity contribution in [2.75, 3.05) is 6.54 Å². The minimum Gasteiger partial charge on any atom is -0.420 e. The Morgan fingerprint density at radius 2 is 2.29 bits per heavy atom. The summed E-state index contributed by atoms with van der Waals surface area (Å²) >= 11 is 1.79. The average molecular weight is 249 g/mol. The molecule has 2 aromatic heterocycles. The molecule has 17 heavy (non-hydrogen) atoms. The van der Waals surface area contributed by atoms with Gasteiger partial charge in [-0.1, -0.05) is 0 Å². The largest absolute Gasteiger partial charge is 0.420 e. The van der Waals surface area contributed by atoms with Gasteiger partial charge in [0.2, 0.25) is 5.89 Å². The van der Waals surface area contributed by atoms with Crippen LogP contribution in [0.15, 0.2) is 10.5 Å². The zero-order chi connectivity index (χ0) is 11.7. The zero-order valence-electron chi connectivity index (χ0n) is 9.61. The molecule has 4 nitrogen and oxygen atoms in total. The Morgan fingerprint density at radius 3 is 3.12 bits per heavy atom. The molecule has 1 aliphatic carbocycles. The molecule has 1 aliphatic rings. The van der Waals surface area contributed by atoms with Gasteiger partial charge >= 0.3 is 0 Å². The Kier molecular flexibility index (Phi) is 2.94. The standard InChI is InChI=1S/C12H15N3OS/c13-6-2-5-11-14-15-12(16-11)10-7-8-3-1-4-9(8)17-10/h7H,1-6,13H2. The van der Waals surface area contributed by atoms with Gasteiger partial charge in [-0.25, -0.2) is 0 Å². The third-order valence-electron chi connectivity index (χ3n) is 3.02. The van der Waals surface area contributed by atoms with Gasteiger partial charge in [0.15, 0.2) is 0 Å². The van der Waals surface area contributed by atoms with E-state index in [1.165, 1.54) is 29.7 Å². The molecule has 0 atom stereocenters. The molecule has 0 bridgehead atoms. The third kappa shape index (κ3) is 2.12. The number of aryl methyl sites for hydroxylation is 3. The van der Waals surface area contributed by atoms with E-state index in [-0.39, 0.29) is 0 Å². The SMILES string of the molecule is NCCCc1nnc(-c2cc3c(s2)CCC3)o1. The minimum atomic E-state index is 0.658. The first-order chi connectivity index (χ1) is 8.36. The summed E-state index contributed by atoms with van der Waals surface area (Å²) in [5.74, 6) is 1.36. The molecule has 0 unspecified atom stereocenters. The predicted octanol–water partition coefficient (Wildman–Crippen LogP) is 2.18. The van der Waals surface area contributed by atoms with E-state index in [2.05, 4.69) is 16.3 Å². The van der Waals surface area contributed by atoms with Crippen LogP contribution in [-0.4, -0.2) is 16.7 Å². The summed E-state index contributed by atoms with van der Waals surface area (Å²) in [7, 11) is 0. The fourth-order valence-electron chi connectivity index (χ4n) is 2.14. The Morgan fingerprint density at radius 1 is 1.35 bits per heavy atom. The van der Waals surface area contributed by atoms with Gasteiger partial charge in [0.1, 0.15) is 0 Å². The number of hydrogen-bond acceptors (Lipinski definition) is 5. The van der Waals surface area contributed by atoms with Crippen LogP contribution >= 0.6 is 11.3 Å². The molecule has 2 aromatic rings.